The predicted molar refractivity (Wildman–Crippen MR) is 83.4 cm³/mol. The van der Waals surface area contributed by atoms with E-state index >= 15 is 0 Å². The quantitative estimate of drug-likeness (QED) is 0.837. The minimum atomic E-state index is 0.514. The summed E-state index contributed by atoms with van der Waals surface area (Å²) in [6.07, 6.45) is 8.52. The normalized spacial score (nSPS) is 27.6. The summed E-state index contributed by atoms with van der Waals surface area (Å²) in [5.41, 5.74) is 0.514. The lowest BCUT2D eigenvalue weighted by Crippen LogP contribution is -2.38. The lowest BCUT2D eigenvalue weighted by Gasteiger charge is -2.39. The first-order valence-corrected chi connectivity index (χ1v) is 8.49. The number of likely N-dealkylation sites (tertiary alicyclic amines) is 1. The van der Waals surface area contributed by atoms with Gasteiger partial charge in [0.05, 0.1) is 0 Å². The topological polar surface area (TPSA) is 15.3 Å². The van der Waals surface area contributed by atoms with Crippen LogP contribution in [0.15, 0.2) is 0 Å². The van der Waals surface area contributed by atoms with Gasteiger partial charge in [-0.05, 0) is 88.5 Å². The number of hydrogen-bond donors (Lipinski definition) is 1. The van der Waals surface area contributed by atoms with Gasteiger partial charge >= 0.3 is 0 Å². The fourth-order valence-corrected chi connectivity index (χ4v) is 3.80. The Hall–Kier alpha value is -0.0800. The fourth-order valence-electron chi connectivity index (χ4n) is 3.80. The Balaban J connectivity index is 1.58. The zero-order chi connectivity index (χ0) is 13.7. The maximum absolute atomic E-state index is 3.53. The van der Waals surface area contributed by atoms with Crippen molar-refractivity contribution in [2.75, 3.05) is 32.7 Å². The number of hydrogen-bond acceptors (Lipinski definition) is 2. The molecule has 0 spiro atoms. The molecule has 2 nitrogen and oxygen atoms in total. The minimum absolute atomic E-state index is 0.514. The molecule has 2 heteroatoms. The van der Waals surface area contributed by atoms with Gasteiger partial charge in [0.15, 0.2) is 0 Å². The van der Waals surface area contributed by atoms with E-state index in [9.17, 15) is 0 Å². The molecule has 19 heavy (non-hydrogen) atoms. The Morgan fingerprint density at radius 3 is 2.42 bits per heavy atom. The number of nitrogens with zero attached hydrogens (tertiary/aromatic N) is 1. The van der Waals surface area contributed by atoms with E-state index in [1.165, 1.54) is 71.2 Å². The van der Waals surface area contributed by atoms with Gasteiger partial charge in [-0.25, -0.2) is 0 Å². The van der Waals surface area contributed by atoms with Crippen LogP contribution in [-0.4, -0.2) is 37.6 Å². The van der Waals surface area contributed by atoms with Crippen molar-refractivity contribution in [1.29, 1.82) is 0 Å². The van der Waals surface area contributed by atoms with Crippen LogP contribution in [-0.2, 0) is 0 Å². The van der Waals surface area contributed by atoms with Gasteiger partial charge in [-0.2, -0.15) is 0 Å². The third-order valence-electron chi connectivity index (χ3n) is 5.30. The van der Waals surface area contributed by atoms with Gasteiger partial charge in [0.25, 0.3) is 0 Å². The van der Waals surface area contributed by atoms with E-state index in [2.05, 4.69) is 31.0 Å². The zero-order valence-electron chi connectivity index (χ0n) is 13.4. The van der Waals surface area contributed by atoms with Gasteiger partial charge in [-0.15, -0.1) is 0 Å². The molecule has 2 heterocycles. The van der Waals surface area contributed by atoms with Crippen molar-refractivity contribution in [2.24, 2.45) is 17.3 Å². The number of rotatable bonds is 4. The summed E-state index contributed by atoms with van der Waals surface area (Å²) in [5.74, 6) is 1.90. The van der Waals surface area contributed by atoms with Gasteiger partial charge < -0.3 is 10.2 Å². The molecule has 0 aromatic carbocycles. The van der Waals surface area contributed by atoms with Crippen LogP contribution in [0.1, 0.15) is 59.3 Å². The molecule has 1 atom stereocenters. The van der Waals surface area contributed by atoms with Gasteiger partial charge in [0, 0.05) is 0 Å². The van der Waals surface area contributed by atoms with Gasteiger partial charge in [-0.1, -0.05) is 20.8 Å². The maximum atomic E-state index is 3.53. The van der Waals surface area contributed by atoms with E-state index in [-0.39, 0.29) is 0 Å². The van der Waals surface area contributed by atoms with Crippen molar-refractivity contribution in [1.82, 2.24) is 10.2 Å². The highest BCUT2D eigenvalue weighted by atomic mass is 15.1. The second-order valence-electron chi connectivity index (χ2n) is 7.84. The lowest BCUT2D eigenvalue weighted by molar-refractivity contribution is 0.110. The molecule has 2 aliphatic rings. The summed E-state index contributed by atoms with van der Waals surface area (Å²) in [6, 6.07) is 0. The summed E-state index contributed by atoms with van der Waals surface area (Å²) < 4.78 is 0. The zero-order valence-corrected chi connectivity index (χ0v) is 13.4. The van der Waals surface area contributed by atoms with Gasteiger partial charge in [-0.3, -0.25) is 0 Å². The van der Waals surface area contributed by atoms with Crippen molar-refractivity contribution in [3.05, 3.63) is 0 Å². The summed E-state index contributed by atoms with van der Waals surface area (Å²) in [7, 11) is 0. The SMILES string of the molecule is CC(C)(C)C1CCN(CCCC2CCCNC2)CC1. The molecule has 2 fully saturated rings. The summed E-state index contributed by atoms with van der Waals surface area (Å²) >= 11 is 0. The van der Waals surface area contributed by atoms with E-state index in [0.717, 1.165) is 11.8 Å². The highest BCUT2D eigenvalue weighted by molar-refractivity contribution is 4.80. The molecule has 0 amide bonds. The number of piperidine rings is 2. The average molecular weight is 266 g/mol. The first-order valence-electron chi connectivity index (χ1n) is 8.49. The monoisotopic (exact) mass is 266 g/mol. The molecule has 1 N–H and O–H groups in total. The van der Waals surface area contributed by atoms with Crippen molar-refractivity contribution >= 4 is 0 Å². The molecule has 0 saturated carbocycles. The molecular weight excluding hydrogens is 232 g/mol. The Morgan fingerprint density at radius 1 is 1.11 bits per heavy atom. The largest absolute Gasteiger partial charge is 0.316 e. The van der Waals surface area contributed by atoms with Crippen molar-refractivity contribution in [3.63, 3.8) is 0 Å². The Bertz CT molecular complexity index is 242. The average Bonchev–Trinajstić information content (AvgIpc) is 2.39. The predicted octanol–water partition coefficient (Wildman–Crippen LogP) is 3.52. The first kappa shape index (κ1) is 15.3. The third-order valence-corrected chi connectivity index (χ3v) is 5.30. The summed E-state index contributed by atoms with van der Waals surface area (Å²) in [5, 5.41) is 3.53. The van der Waals surface area contributed by atoms with Crippen molar-refractivity contribution in [2.45, 2.75) is 59.3 Å². The van der Waals surface area contributed by atoms with E-state index in [1.807, 2.05) is 0 Å². The highest BCUT2D eigenvalue weighted by Gasteiger charge is 2.28. The highest BCUT2D eigenvalue weighted by Crippen LogP contribution is 2.34. The summed E-state index contributed by atoms with van der Waals surface area (Å²) in [4.78, 5) is 2.71. The molecule has 2 rings (SSSR count). The lowest BCUT2D eigenvalue weighted by atomic mass is 9.75. The molecule has 112 valence electrons. The smallest absolute Gasteiger partial charge is 0.00159 e. The third kappa shape index (κ3) is 5.07. The second-order valence-corrected chi connectivity index (χ2v) is 7.84. The van der Waals surface area contributed by atoms with Crippen LogP contribution in [0.4, 0.5) is 0 Å². The van der Waals surface area contributed by atoms with Crippen LogP contribution in [0, 0.1) is 17.3 Å². The molecule has 2 saturated heterocycles. The van der Waals surface area contributed by atoms with Crippen LogP contribution in [0.3, 0.4) is 0 Å². The van der Waals surface area contributed by atoms with Crippen molar-refractivity contribution in [3.8, 4) is 0 Å². The second kappa shape index (κ2) is 7.08. The van der Waals surface area contributed by atoms with Crippen LogP contribution in [0.2, 0.25) is 0 Å². The van der Waals surface area contributed by atoms with E-state index in [0.29, 0.717) is 5.41 Å². The standard InChI is InChI=1S/C17H34N2/c1-17(2,3)16-8-12-19(13-9-16)11-5-7-15-6-4-10-18-14-15/h15-16,18H,4-14H2,1-3H3. The molecule has 0 aliphatic carbocycles. The molecule has 0 bridgehead atoms. The Morgan fingerprint density at radius 2 is 1.84 bits per heavy atom. The van der Waals surface area contributed by atoms with Crippen LogP contribution < -0.4 is 5.32 Å². The summed E-state index contributed by atoms with van der Waals surface area (Å²) in [6.45, 7) is 13.8. The molecule has 2 aliphatic heterocycles. The maximum Gasteiger partial charge on any atom is -0.00159 e. The van der Waals surface area contributed by atoms with E-state index in [4.69, 9.17) is 0 Å². The molecule has 1 unspecified atom stereocenters. The fraction of sp³-hybridized carbons (Fsp3) is 1.00. The number of nitrogens with one attached hydrogen (secondary N) is 1. The van der Waals surface area contributed by atoms with Crippen LogP contribution in [0.5, 0.6) is 0 Å². The Labute approximate surface area is 120 Å². The van der Waals surface area contributed by atoms with Crippen molar-refractivity contribution < 1.29 is 0 Å². The molecule has 0 aromatic heterocycles. The van der Waals surface area contributed by atoms with Gasteiger partial charge in [0.2, 0.25) is 0 Å². The minimum Gasteiger partial charge on any atom is -0.316 e. The van der Waals surface area contributed by atoms with E-state index < -0.39 is 0 Å². The van der Waals surface area contributed by atoms with Crippen LogP contribution in [0.25, 0.3) is 0 Å². The first-order chi connectivity index (χ1) is 9.05. The molecule has 0 radical (unpaired) electrons. The van der Waals surface area contributed by atoms with Gasteiger partial charge in [0.1, 0.15) is 0 Å². The molecular formula is C17H34N2. The van der Waals surface area contributed by atoms with Crippen LogP contribution >= 0.6 is 0 Å². The van der Waals surface area contributed by atoms with E-state index in [1.54, 1.807) is 0 Å². The molecule has 0 aromatic rings. The Kier molecular flexibility index (Phi) is 5.70.